The fourth-order valence-electron chi connectivity index (χ4n) is 1.94. The first kappa shape index (κ1) is 16.9. The van der Waals surface area contributed by atoms with Crippen LogP contribution in [-0.4, -0.2) is 15.3 Å². The van der Waals surface area contributed by atoms with Gasteiger partial charge in [-0.2, -0.15) is 0 Å². The number of fused-ring (bicyclic) bond motifs is 1. The predicted octanol–water partition coefficient (Wildman–Crippen LogP) is -2.49. The topological polar surface area (TPSA) is 72.0 Å². The molecule has 3 rings (SSSR count). The third-order valence-electron chi connectivity index (χ3n) is 2.88. The summed E-state index contributed by atoms with van der Waals surface area (Å²) in [5, 5.41) is 28.9. The molecule has 0 saturated heterocycles. The Labute approximate surface area is 133 Å². The van der Waals surface area contributed by atoms with E-state index >= 15 is 0 Å². The largest absolute Gasteiger partial charge is 1.00 e. The molecule has 0 unspecified atom stereocenters. The van der Waals surface area contributed by atoms with Crippen molar-refractivity contribution in [1.82, 2.24) is 0 Å². The van der Waals surface area contributed by atoms with E-state index in [9.17, 15) is 15.3 Å². The number of rotatable bonds is 1. The van der Waals surface area contributed by atoms with Crippen molar-refractivity contribution < 1.29 is 44.6 Å². The maximum Gasteiger partial charge on any atom is 0.368 e. The summed E-state index contributed by atoms with van der Waals surface area (Å²) in [5.74, 6) is 0.671. The number of hydrogen-bond acceptors (Lipinski definition) is 3. The molecule has 4 nitrogen and oxygen atoms in total. The summed E-state index contributed by atoms with van der Waals surface area (Å²) in [6.45, 7) is 0. The highest BCUT2D eigenvalue weighted by Crippen LogP contribution is 2.33. The highest BCUT2D eigenvalue weighted by atomic mass is 35.5. The minimum absolute atomic E-state index is 0. The summed E-state index contributed by atoms with van der Waals surface area (Å²) in [7, 11) is 0. The van der Waals surface area contributed by atoms with Gasteiger partial charge in [0.2, 0.25) is 0 Å². The van der Waals surface area contributed by atoms with Gasteiger partial charge in [0.15, 0.2) is 0 Å². The first-order chi connectivity index (χ1) is 9.13. The number of phenols is 3. The molecule has 0 fully saturated rings. The minimum Gasteiger partial charge on any atom is -1.00 e. The van der Waals surface area contributed by atoms with Crippen LogP contribution in [0.15, 0.2) is 52.9 Å². The SMILES string of the molecule is Oc1ccc(-c2ccc3c(O)cc(O)cc3[o+]2)cc1.[Cl-].[Cl-]. The molecule has 0 aliphatic heterocycles. The minimum atomic E-state index is -0.0587. The third-order valence-corrected chi connectivity index (χ3v) is 2.88. The number of benzene rings is 2. The predicted molar refractivity (Wildman–Crippen MR) is 71.1 cm³/mol. The first-order valence-corrected chi connectivity index (χ1v) is 5.72. The van der Waals surface area contributed by atoms with E-state index in [0.29, 0.717) is 16.7 Å². The lowest BCUT2D eigenvalue weighted by molar-refractivity contribution is -0.001000. The van der Waals surface area contributed by atoms with Gasteiger partial charge in [-0.25, -0.2) is 4.42 Å². The van der Waals surface area contributed by atoms with Crippen LogP contribution < -0.4 is 24.8 Å². The zero-order valence-electron chi connectivity index (χ0n) is 10.6. The van der Waals surface area contributed by atoms with Gasteiger partial charge in [0, 0.05) is 12.1 Å². The molecule has 0 aliphatic rings. The molecule has 1 heterocycles. The van der Waals surface area contributed by atoms with Crippen LogP contribution in [0, 0.1) is 0 Å². The summed E-state index contributed by atoms with van der Waals surface area (Å²) in [5.41, 5.74) is 1.19. The van der Waals surface area contributed by atoms with Crippen LogP contribution in [0.4, 0.5) is 0 Å². The number of aromatic hydroxyl groups is 3. The van der Waals surface area contributed by atoms with E-state index in [1.807, 2.05) is 0 Å². The maximum absolute atomic E-state index is 9.70. The summed E-state index contributed by atoms with van der Waals surface area (Å²) in [4.78, 5) is 0. The van der Waals surface area contributed by atoms with E-state index in [1.54, 1.807) is 36.4 Å². The van der Waals surface area contributed by atoms with Crippen molar-refractivity contribution in [3.05, 3.63) is 48.5 Å². The highest BCUT2D eigenvalue weighted by molar-refractivity contribution is 5.86. The smallest absolute Gasteiger partial charge is 0.368 e. The van der Waals surface area contributed by atoms with Crippen molar-refractivity contribution in [2.45, 2.75) is 0 Å². The molecule has 6 heteroatoms. The Kier molecular flexibility index (Phi) is 5.24. The van der Waals surface area contributed by atoms with Gasteiger partial charge < -0.3 is 40.1 Å². The van der Waals surface area contributed by atoms with E-state index < -0.39 is 0 Å². The first-order valence-electron chi connectivity index (χ1n) is 5.72. The number of hydrogen-bond donors (Lipinski definition) is 3. The van der Waals surface area contributed by atoms with Crippen LogP contribution in [0.2, 0.25) is 0 Å². The van der Waals surface area contributed by atoms with Crippen molar-refractivity contribution in [3.8, 4) is 28.6 Å². The molecule has 0 saturated carbocycles. The average Bonchev–Trinajstić information content (AvgIpc) is 2.38. The molecule has 0 bridgehead atoms. The zero-order chi connectivity index (χ0) is 13.4. The van der Waals surface area contributed by atoms with Crippen LogP contribution in [0.1, 0.15) is 0 Å². The van der Waals surface area contributed by atoms with E-state index in [4.69, 9.17) is 4.42 Å². The van der Waals surface area contributed by atoms with Crippen molar-refractivity contribution in [3.63, 3.8) is 0 Å². The fraction of sp³-hybridized carbons (Fsp3) is 0. The van der Waals surface area contributed by atoms with Gasteiger partial charge in [-0.3, -0.25) is 0 Å². The Hall–Kier alpha value is -2.17. The Morgan fingerprint density at radius 3 is 2.05 bits per heavy atom. The Balaban J connectivity index is 0.00000110. The lowest BCUT2D eigenvalue weighted by atomic mass is 10.1. The van der Waals surface area contributed by atoms with Crippen LogP contribution >= 0.6 is 0 Å². The molecule has 3 N–H and O–H groups in total. The van der Waals surface area contributed by atoms with Crippen molar-refractivity contribution in [1.29, 1.82) is 0 Å². The van der Waals surface area contributed by atoms with Gasteiger partial charge in [-0.05, 0) is 30.3 Å². The Bertz CT molecular complexity index is 757. The lowest BCUT2D eigenvalue weighted by Crippen LogP contribution is -3.00. The molecule has 0 amide bonds. The van der Waals surface area contributed by atoms with E-state index in [0.717, 1.165) is 5.56 Å². The van der Waals surface area contributed by atoms with Gasteiger partial charge in [-0.1, -0.05) is 0 Å². The Morgan fingerprint density at radius 2 is 1.38 bits per heavy atom. The van der Waals surface area contributed by atoms with E-state index in [2.05, 4.69) is 0 Å². The lowest BCUT2D eigenvalue weighted by Gasteiger charge is -1.97. The molecule has 3 aromatic rings. The molecular formula is C15H11Cl2O4-. The second-order valence-electron chi connectivity index (χ2n) is 4.22. The molecule has 1 aromatic heterocycles. The highest BCUT2D eigenvalue weighted by Gasteiger charge is 2.17. The number of phenolic OH excluding ortho intramolecular Hbond substituents is 3. The molecule has 0 aliphatic carbocycles. The number of halogens is 2. The van der Waals surface area contributed by atoms with Gasteiger partial charge in [0.05, 0.1) is 11.6 Å². The molecule has 0 radical (unpaired) electrons. The van der Waals surface area contributed by atoms with E-state index in [-0.39, 0.29) is 42.1 Å². The van der Waals surface area contributed by atoms with Gasteiger partial charge in [0.25, 0.3) is 0 Å². The summed E-state index contributed by atoms with van der Waals surface area (Å²) in [6.07, 6.45) is 0. The average molecular weight is 326 g/mol. The monoisotopic (exact) mass is 325 g/mol. The van der Waals surface area contributed by atoms with Gasteiger partial charge in [-0.15, -0.1) is 0 Å². The molecule has 2 aromatic carbocycles. The normalized spacial score (nSPS) is 9.71. The molecule has 21 heavy (non-hydrogen) atoms. The van der Waals surface area contributed by atoms with Crippen molar-refractivity contribution in [2.75, 3.05) is 0 Å². The summed E-state index contributed by atoms with van der Waals surface area (Å²) >= 11 is 0. The quantitative estimate of drug-likeness (QED) is 0.433. The van der Waals surface area contributed by atoms with E-state index in [1.165, 1.54) is 12.1 Å². The van der Waals surface area contributed by atoms with Crippen LogP contribution in [-0.2, 0) is 0 Å². The fourth-order valence-corrected chi connectivity index (χ4v) is 1.94. The van der Waals surface area contributed by atoms with Crippen LogP contribution in [0.3, 0.4) is 0 Å². The zero-order valence-corrected chi connectivity index (χ0v) is 12.1. The maximum atomic E-state index is 9.70. The second-order valence-corrected chi connectivity index (χ2v) is 4.22. The van der Waals surface area contributed by atoms with Gasteiger partial charge >= 0.3 is 11.3 Å². The molecule has 0 spiro atoms. The molecule has 0 atom stereocenters. The second kappa shape index (κ2) is 6.52. The van der Waals surface area contributed by atoms with Gasteiger partial charge in [0.1, 0.15) is 22.6 Å². The summed E-state index contributed by atoms with van der Waals surface area (Å²) in [6, 6.07) is 12.7. The summed E-state index contributed by atoms with van der Waals surface area (Å²) < 4.78 is 5.65. The van der Waals surface area contributed by atoms with Crippen molar-refractivity contribution in [2.24, 2.45) is 0 Å². The molecular weight excluding hydrogens is 315 g/mol. The Morgan fingerprint density at radius 1 is 0.714 bits per heavy atom. The van der Waals surface area contributed by atoms with Crippen LogP contribution in [0.5, 0.6) is 17.2 Å². The third kappa shape index (κ3) is 3.29. The van der Waals surface area contributed by atoms with Crippen LogP contribution in [0.25, 0.3) is 22.3 Å². The standard InChI is InChI=1S/C15H10O4.2ClH/c16-10-3-1-9(2-4-10)14-6-5-12-13(18)7-11(17)8-15(12)19-14;;/h1-8H,(H2-,16,17,18);2*1H/p-1. The molecule has 110 valence electrons. The van der Waals surface area contributed by atoms with Crippen molar-refractivity contribution >= 4 is 11.0 Å².